The molecule has 2 rings (SSSR count). The summed E-state index contributed by atoms with van der Waals surface area (Å²) in [5.74, 6) is 1.32. The van der Waals surface area contributed by atoms with Crippen LogP contribution in [0.2, 0.25) is 0 Å². The second-order valence-electron chi connectivity index (χ2n) is 6.04. The van der Waals surface area contributed by atoms with Crippen LogP contribution in [-0.4, -0.2) is 15.8 Å². The SMILES string of the molecule is Cc1ccc(C(C)C)c(OC(c2cnn(C)c2)C(C)N)c1. The van der Waals surface area contributed by atoms with Crippen molar-refractivity contribution in [1.29, 1.82) is 0 Å². The summed E-state index contributed by atoms with van der Waals surface area (Å²) < 4.78 is 8.04. The molecule has 0 aliphatic rings. The average Bonchev–Trinajstić information content (AvgIpc) is 2.81. The third-order valence-electron chi connectivity index (χ3n) is 3.58. The molecule has 2 N–H and O–H groups in total. The number of hydrogen-bond acceptors (Lipinski definition) is 3. The van der Waals surface area contributed by atoms with E-state index in [0.717, 1.165) is 11.3 Å². The lowest BCUT2D eigenvalue weighted by molar-refractivity contribution is 0.178. The minimum absolute atomic E-state index is 0.116. The number of rotatable bonds is 5. The van der Waals surface area contributed by atoms with Crippen molar-refractivity contribution < 1.29 is 4.74 Å². The lowest BCUT2D eigenvalue weighted by Gasteiger charge is -2.24. The van der Waals surface area contributed by atoms with Gasteiger partial charge >= 0.3 is 0 Å². The van der Waals surface area contributed by atoms with Gasteiger partial charge in [0.1, 0.15) is 11.9 Å². The van der Waals surface area contributed by atoms with E-state index in [1.165, 1.54) is 11.1 Å². The first kappa shape index (κ1) is 15.6. The fraction of sp³-hybridized carbons (Fsp3) is 0.471. The Bertz CT molecular complexity index is 602. The van der Waals surface area contributed by atoms with E-state index in [9.17, 15) is 0 Å². The Morgan fingerprint density at radius 2 is 1.95 bits per heavy atom. The molecule has 1 aromatic carbocycles. The van der Waals surface area contributed by atoms with Crippen LogP contribution in [0.5, 0.6) is 5.75 Å². The largest absolute Gasteiger partial charge is 0.484 e. The van der Waals surface area contributed by atoms with Crippen molar-refractivity contribution in [2.75, 3.05) is 0 Å². The maximum atomic E-state index is 6.27. The maximum absolute atomic E-state index is 6.27. The molecule has 2 unspecified atom stereocenters. The van der Waals surface area contributed by atoms with E-state index in [-0.39, 0.29) is 12.1 Å². The van der Waals surface area contributed by atoms with Crippen molar-refractivity contribution in [3.05, 3.63) is 47.3 Å². The van der Waals surface area contributed by atoms with Crippen molar-refractivity contribution in [3.8, 4) is 5.75 Å². The Balaban J connectivity index is 2.35. The van der Waals surface area contributed by atoms with E-state index in [0.29, 0.717) is 5.92 Å². The third kappa shape index (κ3) is 3.64. The molecule has 114 valence electrons. The summed E-state index contributed by atoms with van der Waals surface area (Å²) >= 11 is 0. The molecule has 0 bridgehead atoms. The summed E-state index contributed by atoms with van der Waals surface area (Å²) in [6, 6.07) is 6.22. The van der Waals surface area contributed by atoms with E-state index in [4.69, 9.17) is 10.5 Å². The fourth-order valence-corrected chi connectivity index (χ4v) is 2.42. The predicted molar refractivity (Wildman–Crippen MR) is 85.5 cm³/mol. The lowest BCUT2D eigenvalue weighted by atomic mass is 10.00. The van der Waals surface area contributed by atoms with Crippen molar-refractivity contribution in [1.82, 2.24) is 9.78 Å². The van der Waals surface area contributed by atoms with Crippen molar-refractivity contribution in [3.63, 3.8) is 0 Å². The molecular formula is C17H25N3O. The number of hydrogen-bond donors (Lipinski definition) is 1. The second kappa shape index (κ2) is 6.31. The van der Waals surface area contributed by atoms with Crippen LogP contribution in [0.15, 0.2) is 30.6 Å². The molecule has 0 aliphatic heterocycles. The Labute approximate surface area is 126 Å². The van der Waals surface area contributed by atoms with Crippen LogP contribution < -0.4 is 10.5 Å². The molecular weight excluding hydrogens is 262 g/mol. The molecule has 21 heavy (non-hydrogen) atoms. The first-order valence-electron chi connectivity index (χ1n) is 7.39. The lowest BCUT2D eigenvalue weighted by Crippen LogP contribution is -2.29. The monoisotopic (exact) mass is 287 g/mol. The number of nitrogens with zero attached hydrogens (tertiary/aromatic N) is 2. The molecule has 4 heteroatoms. The zero-order chi connectivity index (χ0) is 15.6. The molecule has 0 amide bonds. The van der Waals surface area contributed by atoms with Gasteiger partial charge in [-0.3, -0.25) is 4.68 Å². The summed E-state index contributed by atoms with van der Waals surface area (Å²) in [7, 11) is 1.90. The fourth-order valence-electron chi connectivity index (χ4n) is 2.42. The molecule has 2 atom stereocenters. The topological polar surface area (TPSA) is 53.1 Å². The first-order valence-corrected chi connectivity index (χ1v) is 7.39. The number of nitrogens with two attached hydrogens (primary N) is 1. The van der Waals surface area contributed by atoms with Gasteiger partial charge in [-0.15, -0.1) is 0 Å². The van der Waals surface area contributed by atoms with Crippen LogP contribution in [0.3, 0.4) is 0 Å². The molecule has 1 aromatic heterocycles. The van der Waals surface area contributed by atoms with Crippen LogP contribution in [0.4, 0.5) is 0 Å². The number of aromatic nitrogens is 2. The molecule has 4 nitrogen and oxygen atoms in total. The van der Waals surface area contributed by atoms with Crippen molar-refractivity contribution in [2.45, 2.75) is 45.8 Å². The molecule has 0 saturated heterocycles. The Hall–Kier alpha value is -1.81. The van der Waals surface area contributed by atoms with Crippen LogP contribution in [0.1, 0.15) is 49.5 Å². The molecule has 0 radical (unpaired) electrons. The normalized spacial score (nSPS) is 14.2. The van der Waals surface area contributed by atoms with E-state index in [1.807, 2.05) is 26.4 Å². The third-order valence-corrected chi connectivity index (χ3v) is 3.58. The molecule has 0 spiro atoms. The average molecular weight is 287 g/mol. The predicted octanol–water partition coefficient (Wildman–Crippen LogP) is 3.32. The Morgan fingerprint density at radius 1 is 1.24 bits per heavy atom. The van der Waals surface area contributed by atoms with E-state index in [2.05, 4.69) is 44.1 Å². The van der Waals surface area contributed by atoms with Gasteiger partial charge in [0.2, 0.25) is 0 Å². The van der Waals surface area contributed by atoms with Gasteiger partial charge in [-0.25, -0.2) is 0 Å². The zero-order valence-electron chi connectivity index (χ0n) is 13.5. The van der Waals surface area contributed by atoms with Gasteiger partial charge in [0, 0.05) is 24.8 Å². The molecule has 0 fully saturated rings. The Kier molecular flexibility index (Phi) is 4.68. The minimum Gasteiger partial charge on any atom is -0.484 e. The van der Waals surface area contributed by atoms with Crippen molar-refractivity contribution >= 4 is 0 Å². The molecule has 0 aliphatic carbocycles. The van der Waals surface area contributed by atoms with Gasteiger partial charge in [-0.2, -0.15) is 5.10 Å². The van der Waals surface area contributed by atoms with Crippen LogP contribution in [0.25, 0.3) is 0 Å². The zero-order valence-corrected chi connectivity index (χ0v) is 13.5. The number of aryl methyl sites for hydroxylation is 2. The van der Waals surface area contributed by atoms with Gasteiger partial charge < -0.3 is 10.5 Å². The summed E-state index contributed by atoms with van der Waals surface area (Å²) in [4.78, 5) is 0. The van der Waals surface area contributed by atoms with Gasteiger partial charge in [0.25, 0.3) is 0 Å². The number of benzene rings is 1. The van der Waals surface area contributed by atoms with Crippen molar-refractivity contribution in [2.24, 2.45) is 12.8 Å². The van der Waals surface area contributed by atoms with Crippen LogP contribution in [-0.2, 0) is 7.05 Å². The smallest absolute Gasteiger partial charge is 0.141 e. The van der Waals surface area contributed by atoms with Crippen LogP contribution in [0, 0.1) is 6.92 Å². The van der Waals surface area contributed by atoms with Gasteiger partial charge in [-0.05, 0) is 37.0 Å². The van der Waals surface area contributed by atoms with Gasteiger partial charge in [0.05, 0.1) is 6.20 Å². The highest BCUT2D eigenvalue weighted by Gasteiger charge is 2.21. The van der Waals surface area contributed by atoms with E-state index >= 15 is 0 Å². The Morgan fingerprint density at radius 3 is 2.48 bits per heavy atom. The quantitative estimate of drug-likeness (QED) is 0.917. The molecule has 1 heterocycles. The highest BCUT2D eigenvalue weighted by Crippen LogP contribution is 2.32. The second-order valence-corrected chi connectivity index (χ2v) is 6.04. The van der Waals surface area contributed by atoms with Gasteiger partial charge in [0.15, 0.2) is 0 Å². The molecule has 2 aromatic rings. The maximum Gasteiger partial charge on any atom is 0.141 e. The summed E-state index contributed by atoms with van der Waals surface area (Å²) in [6.07, 6.45) is 3.58. The molecule has 0 saturated carbocycles. The van der Waals surface area contributed by atoms with E-state index < -0.39 is 0 Å². The highest BCUT2D eigenvalue weighted by atomic mass is 16.5. The standard InChI is InChI=1S/C17H25N3O/c1-11(2)15-7-6-12(3)8-16(15)21-17(13(4)18)14-9-19-20(5)10-14/h6-11,13,17H,18H2,1-5H3. The van der Waals surface area contributed by atoms with E-state index in [1.54, 1.807) is 4.68 Å². The van der Waals surface area contributed by atoms with Crippen LogP contribution >= 0.6 is 0 Å². The minimum atomic E-state index is -0.196. The summed E-state index contributed by atoms with van der Waals surface area (Å²) in [5.41, 5.74) is 9.52. The summed E-state index contributed by atoms with van der Waals surface area (Å²) in [6.45, 7) is 8.37. The first-order chi connectivity index (χ1) is 9.88. The highest BCUT2D eigenvalue weighted by molar-refractivity contribution is 5.39. The summed E-state index contributed by atoms with van der Waals surface area (Å²) in [5, 5.41) is 4.22. The van der Waals surface area contributed by atoms with Gasteiger partial charge in [-0.1, -0.05) is 26.0 Å². The number of ether oxygens (including phenoxy) is 1.